The molecular formula is C21H32N4O4S. The average molecular weight is 437 g/mol. The zero-order chi connectivity index (χ0) is 21.7. The van der Waals surface area contributed by atoms with Gasteiger partial charge in [-0.1, -0.05) is 19.1 Å². The minimum Gasteiger partial charge on any atom is -0.338 e. The van der Waals surface area contributed by atoms with E-state index in [-0.39, 0.29) is 12.1 Å². The van der Waals surface area contributed by atoms with Gasteiger partial charge >= 0.3 is 6.03 Å². The second-order valence-electron chi connectivity index (χ2n) is 8.50. The lowest BCUT2D eigenvalue weighted by Gasteiger charge is -2.35. The first kappa shape index (κ1) is 22.6. The molecule has 1 aromatic rings. The summed E-state index contributed by atoms with van der Waals surface area (Å²) >= 11 is 0. The van der Waals surface area contributed by atoms with Gasteiger partial charge in [-0.2, -0.15) is 0 Å². The van der Waals surface area contributed by atoms with E-state index in [1.165, 1.54) is 4.90 Å². The van der Waals surface area contributed by atoms with Crippen molar-refractivity contribution < 1.29 is 18.0 Å². The standard InChI is InChI=1S/C21H32N4O4S/c1-16-6-8-18(9-7-16)23-30(28,29)15-20(26)24-10-12-25(13-11-24)21(27)22-19-5-3-4-17(2)14-19/h3-5,14,16,18,23H,6-13,15H2,1-2H3,(H,22,27). The van der Waals surface area contributed by atoms with Crippen molar-refractivity contribution in [3.63, 3.8) is 0 Å². The quantitative estimate of drug-likeness (QED) is 0.739. The van der Waals surface area contributed by atoms with Crippen LogP contribution in [0.5, 0.6) is 0 Å². The third kappa shape index (κ3) is 6.43. The fourth-order valence-corrected chi connectivity index (χ4v) is 5.35. The van der Waals surface area contributed by atoms with Crippen LogP contribution in [0.1, 0.15) is 38.2 Å². The highest BCUT2D eigenvalue weighted by atomic mass is 32.2. The molecule has 0 spiro atoms. The van der Waals surface area contributed by atoms with Crippen molar-refractivity contribution in [2.45, 2.75) is 45.6 Å². The molecule has 1 saturated carbocycles. The van der Waals surface area contributed by atoms with Gasteiger partial charge in [0.25, 0.3) is 0 Å². The topological polar surface area (TPSA) is 98.8 Å². The second-order valence-corrected chi connectivity index (χ2v) is 10.3. The Labute approximate surface area is 179 Å². The van der Waals surface area contributed by atoms with E-state index in [9.17, 15) is 18.0 Å². The molecule has 2 aliphatic rings. The highest BCUT2D eigenvalue weighted by Crippen LogP contribution is 2.24. The molecule has 1 aliphatic heterocycles. The molecule has 2 fully saturated rings. The maximum Gasteiger partial charge on any atom is 0.321 e. The molecule has 8 nitrogen and oxygen atoms in total. The smallest absolute Gasteiger partial charge is 0.321 e. The van der Waals surface area contributed by atoms with Gasteiger partial charge in [-0.05, 0) is 56.2 Å². The number of piperazine rings is 1. The Balaban J connectivity index is 1.44. The number of hydrogen-bond acceptors (Lipinski definition) is 4. The van der Waals surface area contributed by atoms with E-state index in [1.807, 2.05) is 31.2 Å². The number of hydrogen-bond donors (Lipinski definition) is 2. The number of carbonyl (C=O) groups is 2. The minimum atomic E-state index is -3.66. The summed E-state index contributed by atoms with van der Waals surface area (Å²) in [7, 11) is -3.66. The van der Waals surface area contributed by atoms with Crippen LogP contribution in [0.15, 0.2) is 24.3 Å². The first-order chi connectivity index (χ1) is 14.2. The van der Waals surface area contributed by atoms with Gasteiger partial charge in [0.2, 0.25) is 15.9 Å². The van der Waals surface area contributed by atoms with Crippen molar-refractivity contribution in [1.29, 1.82) is 0 Å². The highest BCUT2D eigenvalue weighted by Gasteiger charge is 2.29. The molecule has 9 heteroatoms. The molecule has 0 unspecified atom stereocenters. The Morgan fingerprint density at radius 2 is 1.67 bits per heavy atom. The average Bonchev–Trinajstić information content (AvgIpc) is 2.69. The summed E-state index contributed by atoms with van der Waals surface area (Å²) in [5, 5.41) is 2.86. The number of carbonyl (C=O) groups excluding carboxylic acids is 2. The van der Waals surface area contributed by atoms with Crippen molar-refractivity contribution in [1.82, 2.24) is 14.5 Å². The van der Waals surface area contributed by atoms with Gasteiger partial charge in [0, 0.05) is 37.9 Å². The van der Waals surface area contributed by atoms with Crippen LogP contribution in [0, 0.1) is 12.8 Å². The SMILES string of the molecule is Cc1cccc(NC(=O)N2CCN(C(=O)CS(=O)(=O)NC3CCC(C)CC3)CC2)c1. The molecule has 1 saturated heterocycles. The number of aryl methyl sites for hydroxylation is 1. The van der Waals surface area contributed by atoms with E-state index >= 15 is 0 Å². The second kappa shape index (κ2) is 9.78. The summed E-state index contributed by atoms with van der Waals surface area (Å²) in [5.41, 5.74) is 1.79. The largest absolute Gasteiger partial charge is 0.338 e. The van der Waals surface area contributed by atoms with Gasteiger partial charge in [0.15, 0.2) is 0 Å². The van der Waals surface area contributed by atoms with Crippen molar-refractivity contribution in [2.75, 3.05) is 37.2 Å². The number of benzene rings is 1. The number of rotatable bonds is 5. The lowest BCUT2D eigenvalue weighted by Crippen LogP contribution is -2.53. The van der Waals surface area contributed by atoms with Crippen LogP contribution in [-0.4, -0.2) is 68.1 Å². The van der Waals surface area contributed by atoms with Gasteiger partial charge in [-0.15, -0.1) is 0 Å². The summed E-state index contributed by atoms with van der Waals surface area (Å²) in [5.74, 6) is -0.314. The highest BCUT2D eigenvalue weighted by molar-refractivity contribution is 7.90. The van der Waals surface area contributed by atoms with E-state index in [0.717, 1.165) is 36.9 Å². The van der Waals surface area contributed by atoms with Crippen molar-refractivity contribution in [2.24, 2.45) is 5.92 Å². The van der Waals surface area contributed by atoms with Gasteiger partial charge < -0.3 is 15.1 Å². The molecular weight excluding hydrogens is 404 g/mol. The van der Waals surface area contributed by atoms with Crippen LogP contribution >= 0.6 is 0 Å². The summed E-state index contributed by atoms with van der Waals surface area (Å²) in [4.78, 5) is 28.1. The number of urea groups is 1. The summed E-state index contributed by atoms with van der Waals surface area (Å²) in [6, 6.07) is 7.27. The Kier molecular flexibility index (Phi) is 7.36. The molecule has 3 amide bonds. The normalized spacial score (nSPS) is 22.6. The summed E-state index contributed by atoms with van der Waals surface area (Å²) in [6.45, 7) is 5.54. The van der Waals surface area contributed by atoms with Crippen LogP contribution in [0.3, 0.4) is 0 Å². The van der Waals surface area contributed by atoms with E-state index in [2.05, 4.69) is 17.0 Å². The Bertz CT molecular complexity index is 858. The molecule has 0 radical (unpaired) electrons. The van der Waals surface area contributed by atoms with Crippen LogP contribution in [-0.2, 0) is 14.8 Å². The maximum absolute atomic E-state index is 12.5. The Hall–Kier alpha value is -2.13. The first-order valence-corrected chi connectivity index (χ1v) is 12.3. The number of amides is 3. The molecule has 0 aromatic heterocycles. The fraction of sp³-hybridized carbons (Fsp3) is 0.619. The molecule has 166 valence electrons. The number of nitrogens with one attached hydrogen (secondary N) is 2. The molecule has 0 atom stereocenters. The van der Waals surface area contributed by atoms with Crippen LogP contribution in [0.25, 0.3) is 0 Å². The van der Waals surface area contributed by atoms with Gasteiger partial charge in [-0.3, -0.25) is 4.79 Å². The summed E-state index contributed by atoms with van der Waals surface area (Å²) in [6.07, 6.45) is 3.66. The Morgan fingerprint density at radius 1 is 1.03 bits per heavy atom. The number of sulfonamides is 1. The third-order valence-electron chi connectivity index (χ3n) is 5.86. The molecule has 2 N–H and O–H groups in total. The van der Waals surface area contributed by atoms with E-state index in [1.54, 1.807) is 4.90 Å². The lowest BCUT2D eigenvalue weighted by molar-refractivity contribution is -0.129. The maximum atomic E-state index is 12.5. The van der Waals surface area contributed by atoms with Gasteiger partial charge in [0.1, 0.15) is 5.75 Å². The van der Waals surface area contributed by atoms with Crippen molar-refractivity contribution >= 4 is 27.6 Å². The van der Waals surface area contributed by atoms with E-state index in [0.29, 0.717) is 32.1 Å². The first-order valence-electron chi connectivity index (χ1n) is 10.6. The predicted molar refractivity (Wildman–Crippen MR) is 117 cm³/mol. The van der Waals surface area contributed by atoms with Gasteiger partial charge in [-0.25, -0.2) is 17.9 Å². The minimum absolute atomic E-state index is 0.0684. The van der Waals surface area contributed by atoms with Crippen LogP contribution < -0.4 is 10.0 Å². The predicted octanol–water partition coefficient (Wildman–Crippen LogP) is 2.17. The van der Waals surface area contributed by atoms with Crippen LogP contribution in [0.4, 0.5) is 10.5 Å². The van der Waals surface area contributed by atoms with Gasteiger partial charge in [0.05, 0.1) is 0 Å². The zero-order valence-electron chi connectivity index (χ0n) is 17.8. The molecule has 30 heavy (non-hydrogen) atoms. The number of anilines is 1. The molecule has 0 bridgehead atoms. The zero-order valence-corrected chi connectivity index (χ0v) is 18.6. The molecule has 1 aromatic carbocycles. The Morgan fingerprint density at radius 3 is 2.30 bits per heavy atom. The third-order valence-corrected chi connectivity index (χ3v) is 7.18. The fourth-order valence-electron chi connectivity index (χ4n) is 4.01. The molecule has 3 rings (SSSR count). The molecule has 1 aliphatic carbocycles. The lowest BCUT2D eigenvalue weighted by atomic mass is 9.88. The molecule has 1 heterocycles. The summed E-state index contributed by atoms with van der Waals surface area (Å²) < 4.78 is 27.5. The monoisotopic (exact) mass is 436 g/mol. The van der Waals surface area contributed by atoms with E-state index < -0.39 is 21.7 Å². The van der Waals surface area contributed by atoms with E-state index in [4.69, 9.17) is 0 Å². The van der Waals surface area contributed by atoms with Crippen LogP contribution in [0.2, 0.25) is 0 Å². The number of nitrogens with zero attached hydrogens (tertiary/aromatic N) is 2. The van der Waals surface area contributed by atoms with Crippen molar-refractivity contribution in [3.05, 3.63) is 29.8 Å². The van der Waals surface area contributed by atoms with Crippen molar-refractivity contribution in [3.8, 4) is 0 Å².